The van der Waals surface area contributed by atoms with E-state index in [0.29, 0.717) is 18.0 Å². The van der Waals surface area contributed by atoms with Gasteiger partial charge in [0.2, 0.25) is 0 Å². The van der Waals surface area contributed by atoms with Gasteiger partial charge in [0.1, 0.15) is 0 Å². The highest BCUT2D eigenvalue weighted by Gasteiger charge is 2.16. The van der Waals surface area contributed by atoms with Crippen molar-refractivity contribution < 1.29 is 4.79 Å². The van der Waals surface area contributed by atoms with Crippen molar-refractivity contribution in [3.63, 3.8) is 0 Å². The number of benzene rings is 1. The molecule has 1 aromatic carbocycles. The Morgan fingerprint density at radius 1 is 1.33 bits per heavy atom. The van der Waals surface area contributed by atoms with Gasteiger partial charge in [-0.25, -0.2) is 4.79 Å². The summed E-state index contributed by atoms with van der Waals surface area (Å²) in [6.07, 6.45) is 0. The normalized spacial score (nSPS) is 11.4. The van der Waals surface area contributed by atoms with Gasteiger partial charge in [0, 0.05) is 19.2 Å². The highest BCUT2D eigenvalue weighted by Crippen LogP contribution is 2.18. The predicted octanol–water partition coefficient (Wildman–Crippen LogP) is 2.20. The molecule has 0 aliphatic rings. The third kappa shape index (κ3) is 1.88. The lowest BCUT2D eigenvalue weighted by Crippen LogP contribution is -2.24. The molecule has 0 aliphatic carbocycles. The van der Waals surface area contributed by atoms with Crippen LogP contribution in [0.5, 0.6) is 0 Å². The SMILES string of the molecule is CC(=O)c1cccc2c1n(C)c(=O)n2CC(C)C. The van der Waals surface area contributed by atoms with Gasteiger partial charge in [-0.3, -0.25) is 13.9 Å². The second-order valence-corrected chi connectivity index (χ2v) is 5.08. The maximum Gasteiger partial charge on any atom is 0.328 e. The van der Waals surface area contributed by atoms with Gasteiger partial charge in [-0.05, 0) is 25.0 Å². The first-order valence-electron chi connectivity index (χ1n) is 6.12. The first kappa shape index (κ1) is 12.6. The Kier molecular flexibility index (Phi) is 3.11. The van der Waals surface area contributed by atoms with Gasteiger partial charge in [-0.1, -0.05) is 19.9 Å². The van der Waals surface area contributed by atoms with Crippen molar-refractivity contribution in [3.05, 3.63) is 34.2 Å². The lowest BCUT2D eigenvalue weighted by molar-refractivity contribution is 0.101. The fourth-order valence-corrected chi connectivity index (χ4v) is 2.31. The van der Waals surface area contributed by atoms with Crippen molar-refractivity contribution in [2.24, 2.45) is 13.0 Å². The smallest absolute Gasteiger partial charge is 0.294 e. The quantitative estimate of drug-likeness (QED) is 0.779. The van der Waals surface area contributed by atoms with Gasteiger partial charge in [-0.15, -0.1) is 0 Å². The number of ketones is 1. The van der Waals surface area contributed by atoms with E-state index in [4.69, 9.17) is 0 Å². The summed E-state index contributed by atoms with van der Waals surface area (Å²) in [4.78, 5) is 23.8. The van der Waals surface area contributed by atoms with Gasteiger partial charge in [0.05, 0.1) is 11.0 Å². The molecule has 18 heavy (non-hydrogen) atoms. The molecule has 0 saturated carbocycles. The molecule has 0 saturated heterocycles. The van der Waals surface area contributed by atoms with Crippen LogP contribution in [0.3, 0.4) is 0 Å². The molecule has 1 aromatic heterocycles. The number of hydrogen-bond donors (Lipinski definition) is 0. The van der Waals surface area contributed by atoms with Crippen LogP contribution in [0.25, 0.3) is 11.0 Å². The standard InChI is InChI=1S/C14H18N2O2/c1-9(2)8-16-12-7-5-6-11(10(3)17)13(12)15(4)14(16)18/h5-7,9H,8H2,1-4H3. The van der Waals surface area contributed by atoms with Crippen LogP contribution < -0.4 is 5.69 Å². The van der Waals surface area contributed by atoms with Crippen LogP contribution in [-0.2, 0) is 13.6 Å². The average Bonchev–Trinajstić information content (AvgIpc) is 2.54. The lowest BCUT2D eigenvalue weighted by atomic mass is 10.1. The number of carbonyl (C=O) groups excluding carboxylic acids is 1. The molecule has 0 radical (unpaired) electrons. The average molecular weight is 246 g/mol. The van der Waals surface area contributed by atoms with Crippen molar-refractivity contribution in [2.75, 3.05) is 0 Å². The van der Waals surface area contributed by atoms with E-state index in [2.05, 4.69) is 13.8 Å². The van der Waals surface area contributed by atoms with Crippen LogP contribution in [0.15, 0.2) is 23.0 Å². The highest BCUT2D eigenvalue weighted by atomic mass is 16.2. The summed E-state index contributed by atoms with van der Waals surface area (Å²) >= 11 is 0. The van der Waals surface area contributed by atoms with Crippen molar-refractivity contribution in [3.8, 4) is 0 Å². The minimum atomic E-state index is -0.0626. The minimum Gasteiger partial charge on any atom is -0.294 e. The second-order valence-electron chi connectivity index (χ2n) is 5.08. The van der Waals surface area contributed by atoms with Gasteiger partial charge in [0.25, 0.3) is 0 Å². The monoisotopic (exact) mass is 246 g/mol. The van der Waals surface area contributed by atoms with E-state index in [1.807, 2.05) is 12.1 Å². The van der Waals surface area contributed by atoms with E-state index in [0.717, 1.165) is 11.0 Å². The van der Waals surface area contributed by atoms with Crippen molar-refractivity contribution >= 4 is 16.8 Å². The maximum atomic E-state index is 12.2. The third-order valence-electron chi connectivity index (χ3n) is 3.09. The first-order valence-corrected chi connectivity index (χ1v) is 6.12. The number of rotatable bonds is 3. The molecular weight excluding hydrogens is 228 g/mol. The van der Waals surface area contributed by atoms with Crippen LogP contribution >= 0.6 is 0 Å². The van der Waals surface area contributed by atoms with Crippen molar-refractivity contribution in [2.45, 2.75) is 27.3 Å². The molecule has 1 heterocycles. The Morgan fingerprint density at radius 3 is 2.56 bits per heavy atom. The molecule has 2 rings (SSSR count). The molecule has 0 aliphatic heterocycles. The summed E-state index contributed by atoms with van der Waals surface area (Å²) in [6.45, 7) is 6.33. The Labute approximate surface area is 106 Å². The molecule has 0 bridgehead atoms. The molecule has 0 fully saturated rings. The van der Waals surface area contributed by atoms with E-state index < -0.39 is 0 Å². The third-order valence-corrected chi connectivity index (χ3v) is 3.09. The van der Waals surface area contributed by atoms with E-state index in [1.165, 1.54) is 6.92 Å². The molecule has 0 unspecified atom stereocenters. The largest absolute Gasteiger partial charge is 0.328 e. The van der Waals surface area contributed by atoms with Crippen molar-refractivity contribution in [1.82, 2.24) is 9.13 Å². The van der Waals surface area contributed by atoms with Crippen LogP contribution in [-0.4, -0.2) is 14.9 Å². The summed E-state index contributed by atoms with van der Waals surface area (Å²) in [7, 11) is 1.72. The van der Waals surface area contributed by atoms with E-state index in [9.17, 15) is 9.59 Å². The molecule has 96 valence electrons. The number of fused-ring (bicyclic) bond motifs is 1. The van der Waals surface area contributed by atoms with Gasteiger partial charge >= 0.3 is 5.69 Å². The zero-order valence-corrected chi connectivity index (χ0v) is 11.2. The molecule has 0 amide bonds. The van der Waals surface area contributed by atoms with Gasteiger partial charge in [-0.2, -0.15) is 0 Å². The number of aromatic nitrogens is 2. The fraction of sp³-hybridized carbons (Fsp3) is 0.429. The Balaban J connectivity index is 2.83. The second kappa shape index (κ2) is 4.44. The molecule has 4 nitrogen and oxygen atoms in total. The molecular formula is C14H18N2O2. The summed E-state index contributed by atoms with van der Waals surface area (Å²) in [5, 5.41) is 0. The number of aryl methyl sites for hydroxylation is 1. The maximum absolute atomic E-state index is 12.2. The first-order chi connectivity index (χ1) is 8.43. The number of hydrogen-bond acceptors (Lipinski definition) is 2. The van der Waals surface area contributed by atoms with Crippen LogP contribution in [0.1, 0.15) is 31.1 Å². The number of Topliss-reactive ketones (excluding diaryl/α,β-unsaturated/α-hetero) is 1. The number of para-hydroxylation sites is 1. The Morgan fingerprint density at radius 2 is 2.00 bits per heavy atom. The highest BCUT2D eigenvalue weighted by molar-refractivity contribution is 6.05. The van der Waals surface area contributed by atoms with E-state index in [-0.39, 0.29) is 11.5 Å². The number of nitrogens with zero attached hydrogens (tertiary/aromatic N) is 2. The molecule has 0 spiro atoms. The predicted molar refractivity (Wildman–Crippen MR) is 72.0 cm³/mol. The molecule has 2 aromatic rings. The van der Waals surface area contributed by atoms with Crippen LogP contribution in [0.2, 0.25) is 0 Å². The molecule has 0 N–H and O–H groups in total. The van der Waals surface area contributed by atoms with Crippen LogP contribution in [0.4, 0.5) is 0 Å². The number of imidazole rings is 1. The Hall–Kier alpha value is -1.84. The molecule has 0 atom stereocenters. The van der Waals surface area contributed by atoms with Crippen molar-refractivity contribution in [1.29, 1.82) is 0 Å². The summed E-state index contributed by atoms with van der Waals surface area (Å²) in [6, 6.07) is 5.49. The minimum absolute atomic E-state index is 0.0158. The zero-order chi connectivity index (χ0) is 13.4. The van der Waals surface area contributed by atoms with E-state index >= 15 is 0 Å². The summed E-state index contributed by atoms with van der Waals surface area (Å²) < 4.78 is 3.31. The zero-order valence-electron chi connectivity index (χ0n) is 11.2. The lowest BCUT2D eigenvalue weighted by Gasteiger charge is -2.06. The van der Waals surface area contributed by atoms with Gasteiger partial charge < -0.3 is 0 Å². The topological polar surface area (TPSA) is 44.0 Å². The summed E-state index contributed by atoms with van der Waals surface area (Å²) in [5.41, 5.74) is 2.11. The number of carbonyl (C=O) groups is 1. The van der Waals surface area contributed by atoms with Gasteiger partial charge in [0.15, 0.2) is 5.78 Å². The van der Waals surface area contributed by atoms with E-state index in [1.54, 1.807) is 22.2 Å². The van der Waals surface area contributed by atoms with Crippen LogP contribution in [0, 0.1) is 5.92 Å². The Bertz CT molecular complexity index is 662. The fourth-order valence-electron chi connectivity index (χ4n) is 2.31. The molecule has 4 heteroatoms. The summed E-state index contributed by atoms with van der Waals surface area (Å²) in [5.74, 6) is 0.368.